The minimum atomic E-state index is -0.227. The lowest BCUT2D eigenvalue weighted by Crippen LogP contribution is -2.35. The van der Waals surface area contributed by atoms with Gasteiger partial charge in [0, 0.05) is 18.7 Å². The summed E-state index contributed by atoms with van der Waals surface area (Å²) in [7, 11) is 0. The topological polar surface area (TPSA) is 36.6 Å². The Bertz CT molecular complexity index is 615. The fourth-order valence-corrected chi connectivity index (χ4v) is 2.81. The highest BCUT2D eigenvalue weighted by atomic mass is 19.1. The van der Waals surface area contributed by atoms with Crippen molar-refractivity contribution in [3.05, 3.63) is 47.5 Å². The van der Waals surface area contributed by atoms with Crippen molar-refractivity contribution in [3.63, 3.8) is 0 Å². The number of aryl methyl sites for hydroxylation is 1. The van der Waals surface area contributed by atoms with E-state index >= 15 is 0 Å². The summed E-state index contributed by atoms with van der Waals surface area (Å²) in [5.74, 6) is 1.46. The van der Waals surface area contributed by atoms with Gasteiger partial charge in [0.25, 0.3) is 0 Å². The molecule has 0 atom stereocenters. The van der Waals surface area contributed by atoms with Crippen molar-refractivity contribution < 1.29 is 13.9 Å². The highest BCUT2D eigenvalue weighted by molar-refractivity contribution is 5.62. The molecule has 0 bridgehead atoms. The Hall–Kier alpha value is -1.65. The van der Waals surface area contributed by atoms with Crippen molar-refractivity contribution in [2.45, 2.75) is 32.4 Å². The molecule has 1 aromatic heterocycles. The molecule has 112 valence electrons. The van der Waals surface area contributed by atoms with Crippen LogP contribution >= 0.6 is 0 Å². The van der Waals surface area contributed by atoms with Gasteiger partial charge < -0.3 is 9.52 Å². The van der Waals surface area contributed by atoms with Crippen molar-refractivity contribution >= 4 is 0 Å². The first-order valence-electron chi connectivity index (χ1n) is 7.37. The number of hydrogen-bond acceptors (Lipinski definition) is 3. The first kappa shape index (κ1) is 14.3. The Morgan fingerprint density at radius 1 is 1.24 bits per heavy atom. The molecule has 21 heavy (non-hydrogen) atoms. The summed E-state index contributed by atoms with van der Waals surface area (Å²) >= 11 is 0. The molecule has 0 saturated carbocycles. The molecule has 2 heterocycles. The van der Waals surface area contributed by atoms with E-state index in [-0.39, 0.29) is 11.9 Å². The van der Waals surface area contributed by atoms with E-state index in [1.54, 1.807) is 6.07 Å². The van der Waals surface area contributed by atoms with Crippen LogP contribution in [0.5, 0.6) is 0 Å². The molecule has 0 unspecified atom stereocenters. The van der Waals surface area contributed by atoms with Gasteiger partial charge in [0.1, 0.15) is 17.3 Å². The van der Waals surface area contributed by atoms with E-state index in [2.05, 4.69) is 4.90 Å². The summed E-state index contributed by atoms with van der Waals surface area (Å²) < 4.78 is 19.0. The van der Waals surface area contributed by atoms with Gasteiger partial charge in [0.05, 0.1) is 12.6 Å². The molecule has 1 aliphatic heterocycles. The molecule has 4 heteroatoms. The molecule has 0 radical (unpaired) electrons. The van der Waals surface area contributed by atoms with Crippen LogP contribution in [-0.2, 0) is 6.54 Å². The molecule has 1 aliphatic rings. The van der Waals surface area contributed by atoms with Crippen LogP contribution in [0.1, 0.15) is 24.2 Å². The van der Waals surface area contributed by atoms with Crippen molar-refractivity contribution in [2.75, 3.05) is 13.1 Å². The van der Waals surface area contributed by atoms with Crippen LogP contribution in [0, 0.1) is 12.7 Å². The number of halogens is 1. The number of hydrogen-bond donors (Lipinski definition) is 1. The fourth-order valence-electron chi connectivity index (χ4n) is 2.81. The maximum atomic E-state index is 13.2. The molecule has 2 aromatic rings. The summed E-state index contributed by atoms with van der Waals surface area (Å²) in [5.41, 5.74) is 1.80. The van der Waals surface area contributed by atoms with Crippen molar-refractivity contribution in [2.24, 2.45) is 0 Å². The zero-order valence-corrected chi connectivity index (χ0v) is 12.2. The second-order valence-corrected chi connectivity index (χ2v) is 5.73. The summed E-state index contributed by atoms with van der Waals surface area (Å²) in [6.07, 6.45) is 1.49. The Balaban J connectivity index is 1.71. The first-order valence-corrected chi connectivity index (χ1v) is 7.37. The summed E-state index contributed by atoms with van der Waals surface area (Å²) in [6, 6.07) is 8.64. The smallest absolute Gasteiger partial charge is 0.134 e. The maximum Gasteiger partial charge on any atom is 0.134 e. The molecule has 1 fully saturated rings. The lowest BCUT2D eigenvalue weighted by Gasteiger charge is -2.28. The number of likely N-dealkylation sites (tertiary alicyclic amines) is 1. The minimum absolute atomic E-state index is 0.157. The number of nitrogens with zero attached hydrogens (tertiary/aromatic N) is 1. The lowest BCUT2D eigenvalue weighted by atomic mass is 10.1. The van der Waals surface area contributed by atoms with Gasteiger partial charge in [0.2, 0.25) is 0 Å². The van der Waals surface area contributed by atoms with Gasteiger partial charge in [-0.05, 0) is 55.7 Å². The molecule has 1 aromatic carbocycles. The third-order valence-corrected chi connectivity index (χ3v) is 4.05. The predicted octanol–water partition coefficient (Wildman–Crippen LogP) is 3.35. The lowest BCUT2D eigenvalue weighted by molar-refractivity contribution is 0.0761. The maximum absolute atomic E-state index is 13.2. The van der Waals surface area contributed by atoms with E-state index < -0.39 is 0 Å². The normalized spacial score (nSPS) is 17.3. The largest absolute Gasteiger partial charge is 0.460 e. The zero-order chi connectivity index (χ0) is 14.8. The van der Waals surface area contributed by atoms with Crippen LogP contribution in [0.2, 0.25) is 0 Å². The van der Waals surface area contributed by atoms with Crippen molar-refractivity contribution in [1.82, 2.24) is 4.90 Å². The molecule has 0 aliphatic carbocycles. The average Bonchev–Trinajstić information content (AvgIpc) is 2.90. The van der Waals surface area contributed by atoms with Gasteiger partial charge in [-0.1, -0.05) is 0 Å². The van der Waals surface area contributed by atoms with Crippen molar-refractivity contribution in [1.29, 1.82) is 0 Å². The van der Waals surface area contributed by atoms with Crippen LogP contribution in [-0.4, -0.2) is 29.2 Å². The number of rotatable bonds is 3. The second-order valence-electron chi connectivity index (χ2n) is 5.73. The molecule has 3 rings (SSSR count). The molecule has 0 spiro atoms. The highest BCUT2D eigenvalue weighted by Crippen LogP contribution is 2.27. The van der Waals surface area contributed by atoms with E-state index in [1.165, 1.54) is 12.1 Å². The first-order chi connectivity index (χ1) is 10.1. The summed E-state index contributed by atoms with van der Waals surface area (Å²) in [6.45, 7) is 4.43. The van der Waals surface area contributed by atoms with Gasteiger partial charge in [0.15, 0.2) is 0 Å². The van der Waals surface area contributed by atoms with E-state index in [9.17, 15) is 9.50 Å². The van der Waals surface area contributed by atoms with Gasteiger partial charge in [-0.15, -0.1) is 0 Å². The monoisotopic (exact) mass is 289 g/mol. The number of aliphatic hydroxyl groups excluding tert-OH is 1. The van der Waals surface area contributed by atoms with Gasteiger partial charge in [-0.25, -0.2) is 4.39 Å². The Morgan fingerprint density at radius 3 is 2.71 bits per heavy atom. The van der Waals surface area contributed by atoms with E-state index in [0.29, 0.717) is 0 Å². The standard InChI is InChI=1S/C17H20FNO2/c1-12-10-13(18)2-4-16(12)17-5-3-15(21-17)11-19-8-6-14(20)7-9-19/h2-5,10,14,20H,6-9,11H2,1H3. The van der Waals surface area contributed by atoms with Gasteiger partial charge in [-0.3, -0.25) is 4.90 Å². The number of benzene rings is 1. The quantitative estimate of drug-likeness (QED) is 0.941. The summed E-state index contributed by atoms with van der Waals surface area (Å²) in [5, 5.41) is 9.52. The van der Waals surface area contributed by atoms with Crippen LogP contribution in [0.25, 0.3) is 11.3 Å². The zero-order valence-electron chi connectivity index (χ0n) is 12.2. The Labute approximate surface area is 124 Å². The molecule has 1 N–H and O–H groups in total. The summed E-state index contributed by atoms with van der Waals surface area (Å²) in [4.78, 5) is 2.28. The Kier molecular flexibility index (Phi) is 4.08. The Morgan fingerprint density at radius 2 is 2.00 bits per heavy atom. The molecular formula is C17H20FNO2. The van der Waals surface area contributed by atoms with Gasteiger partial charge >= 0.3 is 0 Å². The number of aliphatic hydroxyl groups is 1. The minimum Gasteiger partial charge on any atom is -0.460 e. The van der Waals surface area contributed by atoms with E-state index in [1.807, 2.05) is 19.1 Å². The van der Waals surface area contributed by atoms with Crippen LogP contribution in [0.4, 0.5) is 4.39 Å². The molecule has 3 nitrogen and oxygen atoms in total. The molecular weight excluding hydrogens is 269 g/mol. The number of piperidine rings is 1. The molecule has 1 saturated heterocycles. The number of furan rings is 1. The predicted molar refractivity (Wildman–Crippen MR) is 79.4 cm³/mol. The molecule has 0 amide bonds. The average molecular weight is 289 g/mol. The van der Waals surface area contributed by atoms with Crippen LogP contribution < -0.4 is 0 Å². The fraction of sp³-hybridized carbons (Fsp3) is 0.412. The van der Waals surface area contributed by atoms with Crippen molar-refractivity contribution in [3.8, 4) is 11.3 Å². The SMILES string of the molecule is Cc1cc(F)ccc1-c1ccc(CN2CCC(O)CC2)o1. The van der Waals surface area contributed by atoms with E-state index in [0.717, 1.165) is 55.1 Å². The van der Waals surface area contributed by atoms with Crippen LogP contribution in [0.3, 0.4) is 0 Å². The third-order valence-electron chi connectivity index (χ3n) is 4.05. The second kappa shape index (κ2) is 6.00. The van der Waals surface area contributed by atoms with Crippen LogP contribution in [0.15, 0.2) is 34.7 Å². The third kappa shape index (κ3) is 3.34. The van der Waals surface area contributed by atoms with Gasteiger partial charge in [-0.2, -0.15) is 0 Å². The van der Waals surface area contributed by atoms with E-state index in [4.69, 9.17) is 4.42 Å². The highest BCUT2D eigenvalue weighted by Gasteiger charge is 2.18.